The molecule has 32 heavy (non-hydrogen) atoms. The maximum absolute atomic E-state index is 13.2. The van der Waals surface area contributed by atoms with Crippen molar-refractivity contribution in [3.8, 4) is 11.1 Å². The van der Waals surface area contributed by atoms with Crippen LogP contribution >= 0.6 is 0 Å². The standard InChI is InChI=1S/C26H27N5O/c1-18-8-10-20(11-9-18)19(2)14-28-25(21-6-4-3-5-7-21)26(32)31-24-13-12-22(15-27-24)23-16-29-30-17-23/h3-13,15-17,19,25,28H,14H2,1-2H3,(H,29,30)(H,27,31,32)/t19-,25-/m0/s1. The van der Waals surface area contributed by atoms with Crippen LogP contribution in [0.3, 0.4) is 0 Å². The molecular formula is C26H27N5O. The van der Waals surface area contributed by atoms with E-state index >= 15 is 0 Å². The second-order valence-corrected chi connectivity index (χ2v) is 7.97. The van der Waals surface area contributed by atoms with Gasteiger partial charge in [0.25, 0.3) is 0 Å². The van der Waals surface area contributed by atoms with Gasteiger partial charge in [0.15, 0.2) is 0 Å². The summed E-state index contributed by atoms with van der Waals surface area (Å²) in [4.78, 5) is 17.6. The Labute approximate surface area is 188 Å². The Kier molecular flexibility index (Phi) is 6.72. The Bertz CT molecular complexity index is 1120. The van der Waals surface area contributed by atoms with Gasteiger partial charge in [-0.2, -0.15) is 5.10 Å². The molecule has 0 aliphatic heterocycles. The molecule has 0 unspecified atom stereocenters. The van der Waals surface area contributed by atoms with Gasteiger partial charge in [-0.3, -0.25) is 9.89 Å². The van der Waals surface area contributed by atoms with Crippen molar-refractivity contribution in [3.05, 3.63) is 102 Å². The number of hydrogen-bond acceptors (Lipinski definition) is 4. The fraction of sp³-hybridized carbons (Fsp3) is 0.192. The second-order valence-electron chi connectivity index (χ2n) is 7.97. The van der Waals surface area contributed by atoms with Gasteiger partial charge in [0, 0.05) is 30.1 Å². The van der Waals surface area contributed by atoms with Crippen LogP contribution in [0.15, 0.2) is 85.3 Å². The minimum atomic E-state index is -0.487. The average molecular weight is 426 g/mol. The molecule has 4 rings (SSSR count). The van der Waals surface area contributed by atoms with Crippen LogP contribution in [0.4, 0.5) is 5.82 Å². The van der Waals surface area contributed by atoms with Crippen LogP contribution < -0.4 is 10.6 Å². The Morgan fingerprint density at radius 1 is 0.938 bits per heavy atom. The normalized spacial score (nSPS) is 12.8. The summed E-state index contributed by atoms with van der Waals surface area (Å²) in [5.74, 6) is 0.634. The number of aromatic nitrogens is 3. The number of rotatable bonds is 8. The summed E-state index contributed by atoms with van der Waals surface area (Å²) in [7, 11) is 0. The Balaban J connectivity index is 1.46. The summed E-state index contributed by atoms with van der Waals surface area (Å²) in [6, 6.07) is 21.5. The Morgan fingerprint density at radius 3 is 2.38 bits per heavy atom. The van der Waals surface area contributed by atoms with Crippen LogP contribution in [0.1, 0.15) is 35.6 Å². The number of aromatic amines is 1. The predicted molar refractivity (Wildman–Crippen MR) is 127 cm³/mol. The van der Waals surface area contributed by atoms with Crippen LogP contribution in [0.25, 0.3) is 11.1 Å². The molecule has 6 heteroatoms. The maximum atomic E-state index is 13.2. The number of pyridine rings is 1. The zero-order chi connectivity index (χ0) is 22.3. The lowest BCUT2D eigenvalue weighted by Gasteiger charge is -2.21. The van der Waals surface area contributed by atoms with Crippen LogP contribution in [0.2, 0.25) is 0 Å². The van der Waals surface area contributed by atoms with Crippen LogP contribution in [-0.4, -0.2) is 27.6 Å². The van der Waals surface area contributed by atoms with Crippen LogP contribution in [0.5, 0.6) is 0 Å². The van der Waals surface area contributed by atoms with Crippen molar-refractivity contribution in [1.29, 1.82) is 0 Å². The second kappa shape index (κ2) is 10.0. The van der Waals surface area contributed by atoms with Gasteiger partial charge >= 0.3 is 0 Å². The van der Waals surface area contributed by atoms with Crippen LogP contribution in [-0.2, 0) is 4.79 Å². The molecule has 0 bridgehead atoms. The first-order valence-corrected chi connectivity index (χ1v) is 10.7. The molecule has 0 saturated carbocycles. The molecule has 4 aromatic rings. The highest BCUT2D eigenvalue weighted by Gasteiger charge is 2.21. The monoisotopic (exact) mass is 425 g/mol. The largest absolute Gasteiger partial charge is 0.309 e. The third-order valence-corrected chi connectivity index (χ3v) is 5.52. The third kappa shape index (κ3) is 5.28. The predicted octanol–water partition coefficient (Wildman–Crippen LogP) is 4.85. The highest BCUT2D eigenvalue weighted by atomic mass is 16.2. The van der Waals surface area contributed by atoms with Gasteiger partial charge in [0.05, 0.1) is 6.20 Å². The fourth-order valence-electron chi connectivity index (χ4n) is 3.56. The highest BCUT2D eigenvalue weighted by Crippen LogP contribution is 2.21. The van der Waals surface area contributed by atoms with Crippen molar-refractivity contribution < 1.29 is 4.79 Å². The number of carbonyl (C=O) groups is 1. The molecule has 1 amide bonds. The number of amides is 1. The van der Waals surface area contributed by atoms with E-state index in [0.29, 0.717) is 12.4 Å². The Hall–Kier alpha value is -3.77. The van der Waals surface area contributed by atoms with E-state index in [-0.39, 0.29) is 11.8 Å². The summed E-state index contributed by atoms with van der Waals surface area (Å²) in [6.07, 6.45) is 5.27. The van der Waals surface area contributed by atoms with E-state index in [4.69, 9.17) is 0 Å². The van der Waals surface area contributed by atoms with Crippen molar-refractivity contribution >= 4 is 11.7 Å². The van der Waals surface area contributed by atoms with E-state index in [1.807, 2.05) is 36.4 Å². The summed E-state index contributed by atoms with van der Waals surface area (Å²) < 4.78 is 0. The van der Waals surface area contributed by atoms with Gasteiger partial charge in [0.1, 0.15) is 11.9 Å². The topological polar surface area (TPSA) is 82.7 Å². The quantitative estimate of drug-likeness (QED) is 0.377. The number of anilines is 1. The van der Waals surface area contributed by atoms with Gasteiger partial charge in [-0.25, -0.2) is 4.98 Å². The van der Waals surface area contributed by atoms with Crippen molar-refractivity contribution in [2.75, 3.05) is 11.9 Å². The average Bonchev–Trinajstić information content (AvgIpc) is 3.36. The van der Waals surface area contributed by atoms with Crippen molar-refractivity contribution in [2.24, 2.45) is 0 Å². The van der Waals surface area contributed by atoms with E-state index in [0.717, 1.165) is 16.7 Å². The first-order valence-electron chi connectivity index (χ1n) is 10.7. The summed E-state index contributed by atoms with van der Waals surface area (Å²) in [6.45, 7) is 4.91. The number of hydrogen-bond donors (Lipinski definition) is 3. The summed E-state index contributed by atoms with van der Waals surface area (Å²) in [5, 5.41) is 13.1. The number of H-pyrrole nitrogens is 1. The minimum Gasteiger partial charge on any atom is -0.309 e. The van der Waals surface area contributed by atoms with Crippen LogP contribution in [0, 0.1) is 6.92 Å². The molecule has 0 saturated heterocycles. The van der Waals surface area contributed by atoms with Crippen molar-refractivity contribution in [2.45, 2.75) is 25.8 Å². The molecule has 6 nitrogen and oxygen atoms in total. The van der Waals surface area contributed by atoms with Gasteiger partial charge in [-0.05, 0) is 36.1 Å². The third-order valence-electron chi connectivity index (χ3n) is 5.52. The maximum Gasteiger partial charge on any atom is 0.247 e. The lowest BCUT2D eigenvalue weighted by atomic mass is 9.98. The number of benzene rings is 2. The first-order chi connectivity index (χ1) is 15.6. The van der Waals surface area contributed by atoms with Crippen molar-refractivity contribution in [3.63, 3.8) is 0 Å². The molecule has 0 aliphatic rings. The van der Waals surface area contributed by atoms with Gasteiger partial charge in [-0.1, -0.05) is 67.1 Å². The minimum absolute atomic E-state index is 0.143. The van der Waals surface area contributed by atoms with Gasteiger partial charge in [-0.15, -0.1) is 0 Å². The summed E-state index contributed by atoms with van der Waals surface area (Å²) >= 11 is 0. The van der Waals surface area contributed by atoms with E-state index in [9.17, 15) is 4.79 Å². The van der Waals surface area contributed by atoms with Crippen molar-refractivity contribution in [1.82, 2.24) is 20.5 Å². The fourth-order valence-corrected chi connectivity index (χ4v) is 3.56. The molecule has 0 radical (unpaired) electrons. The van der Waals surface area contributed by atoms with E-state index in [1.165, 1.54) is 11.1 Å². The van der Waals surface area contributed by atoms with E-state index < -0.39 is 6.04 Å². The molecule has 162 valence electrons. The lowest BCUT2D eigenvalue weighted by Crippen LogP contribution is -2.35. The smallest absolute Gasteiger partial charge is 0.247 e. The SMILES string of the molecule is Cc1ccc([C@@H](C)CN[C@H](C(=O)Nc2ccc(-c3cn[nH]c3)cn2)c2ccccc2)cc1. The number of carbonyl (C=O) groups excluding carboxylic acids is 1. The summed E-state index contributed by atoms with van der Waals surface area (Å²) in [5.41, 5.74) is 5.27. The Morgan fingerprint density at radius 2 is 1.72 bits per heavy atom. The number of aryl methyl sites for hydroxylation is 1. The lowest BCUT2D eigenvalue weighted by molar-refractivity contribution is -0.118. The molecule has 0 spiro atoms. The van der Waals surface area contributed by atoms with Gasteiger partial charge in [0.2, 0.25) is 5.91 Å². The first kappa shape index (κ1) is 21.5. The molecule has 3 N–H and O–H groups in total. The zero-order valence-corrected chi connectivity index (χ0v) is 18.2. The molecular weight excluding hydrogens is 398 g/mol. The molecule has 0 fully saturated rings. The van der Waals surface area contributed by atoms with E-state index in [2.05, 4.69) is 63.9 Å². The number of nitrogens with one attached hydrogen (secondary N) is 3. The highest BCUT2D eigenvalue weighted by molar-refractivity contribution is 5.95. The molecule has 2 atom stereocenters. The molecule has 0 aliphatic carbocycles. The van der Waals surface area contributed by atoms with Gasteiger partial charge < -0.3 is 10.6 Å². The molecule has 2 aromatic heterocycles. The number of nitrogens with zero attached hydrogens (tertiary/aromatic N) is 2. The zero-order valence-electron chi connectivity index (χ0n) is 18.2. The van der Waals surface area contributed by atoms with E-state index in [1.54, 1.807) is 24.7 Å². The molecule has 2 heterocycles. The molecule has 2 aromatic carbocycles.